The monoisotopic (exact) mass is 744 g/mol. The van der Waals surface area contributed by atoms with E-state index in [4.69, 9.17) is 23.1 Å². The first-order valence-corrected chi connectivity index (χ1v) is 16.6. The van der Waals surface area contributed by atoms with Crippen LogP contribution < -0.4 is 22.1 Å². The van der Waals surface area contributed by atoms with E-state index >= 15 is 0 Å². The molecule has 4 aromatic heterocycles. The molecular formula is C36H30BrClN12. The first-order valence-electron chi connectivity index (χ1n) is 15.4. The lowest BCUT2D eigenvalue weighted by Crippen LogP contribution is -2.07. The Morgan fingerprint density at radius 1 is 0.560 bits per heavy atom. The van der Waals surface area contributed by atoms with Gasteiger partial charge in [0.25, 0.3) is 0 Å². The largest absolute Gasteiger partial charge is 0.383 e. The molecule has 0 saturated heterocycles. The Bertz CT molecular complexity index is 2290. The van der Waals surface area contributed by atoms with E-state index in [1.165, 1.54) is 0 Å². The Labute approximate surface area is 300 Å². The van der Waals surface area contributed by atoms with Crippen LogP contribution >= 0.6 is 27.5 Å². The van der Waals surface area contributed by atoms with Crippen molar-refractivity contribution in [1.82, 2.24) is 39.0 Å². The van der Waals surface area contributed by atoms with Gasteiger partial charge in [-0.15, -0.1) is 0 Å². The minimum Gasteiger partial charge on any atom is -0.383 e. The van der Waals surface area contributed by atoms with E-state index in [0.29, 0.717) is 40.2 Å². The molecule has 6 N–H and O–H groups in total. The number of benzene rings is 4. The summed E-state index contributed by atoms with van der Waals surface area (Å²) >= 11 is 9.35. The Kier molecular flexibility index (Phi) is 8.98. The summed E-state index contributed by atoms with van der Waals surface area (Å²) in [4.78, 5) is 27.1. The van der Waals surface area contributed by atoms with Crippen molar-refractivity contribution in [3.05, 3.63) is 130 Å². The average Bonchev–Trinajstić information content (AvgIpc) is 3.61. The van der Waals surface area contributed by atoms with E-state index in [-0.39, 0.29) is 0 Å². The van der Waals surface area contributed by atoms with Gasteiger partial charge in [0.05, 0.1) is 22.1 Å². The number of hydrogen-bond donors (Lipinski definition) is 4. The number of aromatic nitrogens is 8. The fourth-order valence-corrected chi connectivity index (χ4v) is 5.78. The lowest BCUT2D eigenvalue weighted by molar-refractivity contribution is 0.909. The highest BCUT2D eigenvalue weighted by atomic mass is 79.9. The minimum atomic E-state index is 0.374. The normalized spacial score (nSPS) is 11.0. The van der Waals surface area contributed by atoms with Gasteiger partial charge >= 0.3 is 0 Å². The number of halogens is 2. The summed E-state index contributed by atoms with van der Waals surface area (Å²) in [6, 6.07) is 34.3. The first-order chi connectivity index (χ1) is 24.2. The lowest BCUT2D eigenvalue weighted by Gasteiger charge is -2.10. The molecule has 0 fully saturated rings. The number of anilines is 6. The second-order valence-electron chi connectivity index (χ2n) is 11.2. The zero-order chi connectivity index (χ0) is 34.8. The number of imidazole rings is 2. The van der Waals surface area contributed by atoms with Crippen molar-refractivity contribution >= 4 is 84.2 Å². The lowest BCUT2D eigenvalue weighted by atomic mass is 10.3. The van der Waals surface area contributed by atoms with Crippen LogP contribution in [0.5, 0.6) is 0 Å². The summed E-state index contributed by atoms with van der Waals surface area (Å²) < 4.78 is 4.80. The van der Waals surface area contributed by atoms with Crippen LogP contribution in [0.15, 0.2) is 114 Å². The Morgan fingerprint density at radius 3 is 1.44 bits per heavy atom. The van der Waals surface area contributed by atoms with E-state index in [1.54, 1.807) is 12.1 Å². The molecule has 0 unspecified atom stereocenters. The number of para-hydroxylation sites is 4. The number of hydrogen-bond acceptors (Lipinski definition) is 10. The fourth-order valence-electron chi connectivity index (χ4n) is 5.39. The van der Waals surface area contributed by atoms with Gasteiger partial charge in [-0.05, 0) is 86.6 Å². The standard InChI is InChI=1S/C18H15BrN6.C18H15ClN6/c2*1-11-21-14-4-2-3-5-15(14)25(11)18-23-16(20)10-17(24-18)22-13-8-6-12(19)7-9-13/h2*2-10H,1H3,(H3,20,22,23,24). The Balaban J connectivity index is 0.000000157. The van der Waals surface area contributed by atoms with Crippen molar-refractivity contribution in [2.75, 3.05) is 22.1 Å². The van der Waals surface area contributed by atoms with Gasteiger partial charge in [-0.1, -0.05) is 51.8 Å². The van der Waals surface area contributed by atoms with Crippen LogP contribution in [0.1, 0.15) is 11.6 Å². The van der Waals surface area contributed by atoms with Crippen molar-refractivity contribution < 1.29 is 0 Å². The molecule has 8 rings (SSSR count). The van der Waals surface area contributed by atoms with E-state index < -0.39 is 0 Å². The molecule has 0 spiro atoms. The van der Waals surface area contributed by atoms with Crippen molar-refractivity contribution in [2.45, 2.75) is 13.8 Å². The molecule has 0 amide bonds. The third-order valence-corrected chi connectivity index (χ3v) is 8.34. The van der Waals surface area contributed by atoms with E-state index in [1.807, 2.05) is 120 Å². The van der Waals surface area contributed by atoms with Gasteiger partial charge < -0.3 is 22.1 Å². The van der Waals surface area contributed by atoms with Gasteiger partial charge in [0.15, 0.2) is 0 Å². The van der Waals surface area contributed by atoms with E-state index in [9.17, 15) is 0 Å². The summed E-state index contributed by atoms with van der Waals surface area (Å²) in [5, 5.41) is 7.15. The minimum absolute atomic E-state index is 0.374. The van der Waals surface area contributed by atoms with Crippen molar-refractivity contribution in [1.29, 1.82) is 0 Å². The summed E-state index contributed by atoms with van der Waals surface area (Å²) in [6.07, 6.45) is 0. The van der Waals surface area contributed by atoms with Crippen LogP contribution in [-0.4, -0.2) is 39.0 Å². The first kappa shape index (κ1) is 32.5. The highest BCUT2D eigenvalue weighted by Gasteiger charge is 2.14. The zero-order valence-corrected chi connectivity index (χ0v) is 29.2. The van der Waals surface area contributed by atoms with E-state index in [0.717, 1.165) is 49.6 Å². The van der Waals surface area contributed by atoms with Gasteiger partial charge in [-0.25, -0.2) is 9.97 Å². The van der Waals surface area contributed by atoms with Gasteiger partial charge in [0.2, 0.25) is 11.9 Å². The van der Waals surface area contributed by atoms with Crippen molar-refractivity contribution in [3.8, 4) is 11.9 Å². The van der Waals surface area contributed by atoms with Gasteiger partial charge in [0, 0.05) is 33.0 Å². The maximum Gasteiger partial charge on any atom is 0.239 e. The molecule has 0 aliphatic carbocycles. The zero-order valence-electron chi connectivity index (χ0n) is 26.9. The third kappa shape index (κ3) is 7.04. The maximum atomic E-state index is 6.01. The molecule has 0 saturated carbocycles. The van der Waals surface area contributed by atoms with Gasteiger partial charge in [0.1, 0.15) is 34.9 Å². The predicted molar refractivity (Wildman–Crippen MR) is 204 cm³/mol. The van der Waals surface area contributed by atoms with Crippen molar-refractivity contribution in [2.24, 2.45) is 0 Å². The van der Waals surface area contributed by atoms with Crippen LogP contribution in [0.2, 0.25) is 5.02 Å². The molecule has 12 nitrogen and oxygen atoms in total. The number of rotatable bonds is 6. The molecule has 248 valence electrons. The summed E-state index contributed by atoms with van der Waals surface area (Å²) in [5.74, 6) is 4.56. The van der Waals surface area contributed by atoms with Crippen LogP contribution in [0.3, 0.4) is 0 Å². The molecule has 4 heterocycles. The molecule has 0 aliphatic rings. The quantitative estimate of drug-likeness (QED) is 0.130. The molecule has 0 radical (unpaired) electrons. The summed E-state index contributed by atoms with van der Waals surface area (Å²) in [6.45, 7) is 3.84. The molecule has 50 heavy (non-hydrogen) atoms. The van der Waals surface area contributed by atoms with Crippen molar-refractivity contribution in [3.63, 3.8) is 0 Å². The highest BCUT2D eigenvalue weighted by molar-refractivity contribution is 9.10. The van der Waals surface area contributed by atoms with Crippen LogP contribution in [0, 0.1) is 13.8 Å². The number of nitrogen functional groups attached to an aromatic ring is 2. The van der Waals surface area contributed by atoms with Crippen LogP contribution in [0.25, 0.3) is 34.0 Å². The molecule has 8 aromatic rings. The predicted octanol–water partition coefficient (Wildman–Crippen LogP) is 8.32. The summed E-state index contributed by atoms with van der Waals surface area (Å²) in [5.41, 5.74) is 17.4. The number of nitrogens with two attached hydrogens (primary N) is 2. The number of nitrogens with zero attached hydrogens (tertiary/aromatic N) is 8. The second-order valence-corrected chi connectivity index (χ2v) is 12.5. The smallest absolute Gasteiger partial charge is 0.239 e. The molecular weight excluding hydrogens is 716 g/mol. The number of aryl methyl sites for hydroxylation is 2. The maximum absolute atomic E-state index is 6.01. The molecule has 0 bridgehead atoms. The summed E-state index contributed by atoms with van der Waals surface area (Å²) in [7, 11) is 0. The van der Waals surface area contributed by atoms with Crippen LogP contribution in [-0.2, 0) is 0 Å². The average molecular weight is 746 g/mol. The number of fused-ring (bicyclic) bond motifs is 2. The van der Waals surface area contributed by atoms with Gasteiger partial charge in [-0.2, -0.15) is 19.9 Å². The van der Waals surface area contributed by atoms with Gasteiger partial charge in [-0.3, -0.25) is 9.13 Å². The van der Waals surface area contributed by atoms with Crippen LogP contribution in [0.4, 0.5) is 34.6 Å². The molecule has 14 heteroatoms. The SMILES string of the molecule is Cc1nc2ccccc2n1-c1nc(N)cc(Nc2ccc(Br)cc2)n1.Cc1nc2ccccc2n1-c1nc(N)cc(Nc2ccc(Cl)cc2)n1. The second kappa shape index (κ2) is 13.8. The topological polar surface area (TPSA) is 163 Å². The third-order valence-electron chi connectivity index (χ3n) is 7.56. The Morgan fingerprint density at radius 2 is 0.980 bits per heavy atom. The highest BCUT2D eigenvalue weighted by Crippen LogP contribution is 2.25. The number of nitrogens with one attached hydrogen (secondary N) is 2. The fraction of sp³-hybridized carbons (Fsp3) is 0.0556. The van der Waals surface area contributed by atoms with E-state index in [2.05, 4.69) is 56.5 Å². The molecule has 0 aliphatic heterocycles. The Hall–Kier alpha value is -6.05. The molecule has 4 aromatic carbocycles. The molecule has 0 atom stereocenters.